The molecule has 1 aliphatic heterocycles. The second-order valence-electron chi connectivity index (χ2n) is 7.34. The van der Waals surface area contributed by atoms with Gasteiger partial charge in [-0.1, -0.05) is 17.3 Å². The number of rotatable bonds is 6. The maximum absolute atomic E-state index is 12.5. The number of likely N-dealkylation sites (tertiary alicyclic amines) is 1. The van der Waals surface area contributed by atoms with Gasteiger partial charge in [-0.2, -0.15) is 4.98 Å². The van der Waals surface area contributed by atoms with Gasteiger partial charge in [0.25, 0.3) is 0 Å². The molecule has 3 aromatic rings. The van der Waals surface area contributed by atoms with Crippen molar-refractivity contribution in [3.05, 3.63) is 54.1 Å². The normalized spacial score (nSPS) is 14.9. The SMILES string of the molecule is CC(C)S(=O)(=O)c1ccc(CC(=O)N2CC(c3nc(-c4ccco4)no3)C2)cc1. The quantitative estimate of drug-likeness (QED) is 0.609. The highest BCUT2D eigenvalue weighted by Crippen LogP contribution is 2.28. The molecule has 0 radical (unpaired) electrons. The van der Waals surface area contributed by atoms with E-state index in [2.05, 4.69) is 10.1 Å². The number of carbonyl (C=O) groups is 1. The van der Waals surface area contributed by atoms with Gasteiger partial charge < -0.3 is 13.8 Å². The fourth-order valence-corrected chi connectivity index (χ4v) is 4.16. The summed E-state index contributed by atoms with van der Waals surface area (Å²) in [4.78, 5) is 18.8. The summed E-state index contributed by atoms with van der Waals surface area (Å²) in [6.45, 7) is 4.32. The molecule has 1 saturated heterocycles. The summed E-state index contributed by atoms with van der Waals surface area (Å²) in [7, 11) is -3.31. The molecule has 4 rings (SSSR count). The Hall–Kier alpha value is -2.94. The Morgan fingerprint density at radius 2 is 1.93 bits per heavy atom. The number of aromatic nitrogens is 2. The molecule has 29 heavy (non-hydrogen) atoms. The van der Waals surface area contributed by atoms with Crippen molar-refractivity contribution >= 4 is 15.7 Å². The Labute approximate surface area is 168 Å². The molecule has 0 aliphatic carbocycles. The van der Waals surface area contributed by atoms with E-state index in [1.54, 1.807) is 61.4 Å². The lowest BCUT2D eigenvalue weighted by atomic mass is 9.99. The van der Waals surface area contributed by atoms with Crippen molar-refractivity contribution < 1.29 is 22.2 Å². The van der Waals surface area contributed by atoms with E-state index >= 15 is 0 Å². The third kappa shape index (κ3) is 3.82. The molecule has 0 N–H and O–H groups in total. The molecular formula is C20H21N3O5S. The van der Waals surface area contributed by atoms with Crippen LogP contribution < -0.4 is 0 Å². The highest BCUT2D eigenvalue weighted by Gasteiger charge is 2.35. The van der Waals surface area contributed by atoms with E-state index in [-0.39, 0.29) is 23.1 Å². The molecular weight excluding hydrogens is 394 g/mol. The second-order valence-corrected chi connectivity index (χ2v) is 9.85. The minimum Gasteiger partial charge on any atom is -0.461 e. The van der Waals surface area contributed by atoms with Gasteiger partial charge in [-0.15, -0.1) is 0 Å². The number of benzene rings is 1. The van der Waals surface area contributed by atoms with Crippen LogP contribution in [0.5, 0.6) is 0 Å². The average Bonchev–Trinajstić information content (AvgIpc) is 3.32. The Morgan fingerprint density at radius 3 is 2.55 bits per heavy atom. The van der Waals surface area contributed by atoms with Gasteiger partial charge in [0, 0.05) is 13.1 Å². The topological polar surface area (TPSA) is 107 Å². The molecule has 1 aliphatic rings. The fraction of sp³-hybridized carbons (Fsp3) is 0.350. The van der Waals surface area contributed by atoms with Crippen LogP contribution in [0.25, 0.3) is 11.6 Å². The molecule has 1 fully saturated rings. The monoisotopic (exact) mass is 415 g/mol. The van der Waals surface area contributed by atoms with Crippen molar-refractivity contribution in [3.63, 3.8) is 0 Å². The summed E-state index contributed by atoms with van der Waals surface area (Å²) in [6.07, 6.45) is 1.76. The zero-order valence-corrected chi connectivity index (χ0v) is 16.9. The van der Waals surface area contributed by atoms with Crippen LogP contribution in [0.15, 0.2) is 56.5 Å². The minimum absolute atomic E-state index is 0.00808. The molecule has 2 aromatic heterocycles. The first-order valence-electron chi connectivity index (χ1n) is 9.32. The molecule has 8 nitrogen and oxygen atoms in total. The van der Waals surface area contributed by atoms with Crippen molar-refractivity contribution in [3.8, 4) is 11.6 Å². The standard InChI is InChI=1S/C20H21N3O5S/c1-13(2)29(25,26)16-7-5-14(6-8-16)10-18(24)23-11-15(12-23)20-21-19(22-28-20)17-4-3-9-27-17/h3-9,13,15H,10-12H2,1-2H3. The molecule has 9 heteroatoms. The highest BCUT2D eigenvalue weighted by atomic mass is 32.2. The van der Waals surface area contributed by atoms with Crippen LogP contribution in [-0.4, -0.2) is 47.7 Å². The number of hydrogen-bond acceptors (Lipinski definition) is 7. The first kappa shape index (κ1) is 19.4. The highest BCUT2D eigenvalue weighted by molar-refractivity contribution is 7.92. The van der Waals surface area contributed by atoms with Gasteiger partial charge in [0.05, 0.1) is 28.7 Å². The Kier molecular flexibility index (Phi) is 4.99. The van der Waals surface area contributed by atoms with E-state index in [4.69, 9.17) is 8.94 Å². The summed E-state index contributed by atoms with van der Waals surface area (Å²) in [5, 5.41) is 3.43. The molecule has 1 aromatic carbocycles. The van der Waals surface area contributed by atoms with E-state index in [0.717, 1.165) is 5.56 Å². The van der Waals surface area contributed by atoms with Crippen molar-refractivity contribution in [1.29, 1.82) is 0 Å². The molecule has 0 unspecified atom stereocenters. The summed E-state index contributed by atoms with van der Waals surface area (Å²) in [6, 6.07) is 10.0. The van der Waals surface area contributed by atoms with Crippen LogP contribution in [0.3, 0.4) is 0 Å². The van der Waals surface area contributed by atoms with Gasteiger partial charge in [0.2, 0.25) is 17.6 Å². The molecule has 0 saturated carbocycles. The summed E-state index contributed by atoms with van der Waals surface area (Å²) in [5.41, 5.74) is 0.777. The predicted molar refractivity (Wildman–Crippen MR) is 104 cm³/mol. The minimum atomic E-state index is -3.31. The number of nitrogens with zero attached hydrogens (tertiary/aromatic N) is 3. The Balaban J connectivity index is 1.33. The summed E-state index contributed by atoms with van der Waals surface area (Å²) >= 11 is 0. The molecule has 3 heterocycles. The van der Waals surface area contributed by atoms with Crippen LogP contribution in [0.4, 0.5) is 0 Å². The largest absolute Gasteiger partial charge is 0.461 e. The zero-order chi connectivity index (χ0) is 20.6. The average molecular weight is 415 g/mol. The number of hydrogen-bond donors (Lipinski definition) is 0. The Bertz CT molecular complexity index is 1100. The van der Waals surface area contributed by atoms with Gasteiger partial charge in [-0.3, -0.25) is 4.79 Å². The molecule has 0 spiro atoms. The van der Waals surface area contributed by atoms with Gasteiger partial charge in [-0.25, -0.2) is 8.42 Å². The van der Waals surface area contributed by atoms with Crippen LogP contribution in [0.1, 0.15) is 31.2 Å². The maximum atomic E-state index is 12.5. The zero-order valence-electron chi connectivity index (χ0n) is 16.1. The second kappa shape index (κ2) is 7.47. The van der Waals surface area contributed by atoms with Crippen LogP contribution in [0, 0.1) is 0 Å². The van der Waals surface area contributed by atoms with Crippen LogP contribution in [-0.2, 0) is 21.1 Å². The first-order chi connectivity index (χ1) is 13.8. The number of carbonyl (C=O) groups excluding carboxylic acids is 1. The van der Waals surface area contributed by atoms with Gasteiger partial charge in [0.1, 0.15) is 0 Å². The van der Waals surface area contributed by atoms with Gasteiger partial charge in [-0.05, 0) is 43.7 Å². The fourth-order valence-electron chi connectivity index (χ4n) is 3.10. The van der Waals surface area contributed by atoms with Crippen molar-refractivity contribution in [1.82, 2.24) is 15.0 Å². The van der Waals surface area contributed by atoms with Gasteiger partial charge >= 0.3 is 0 Å². The first-order valence-corrected chi connectivity index (χ1v) is 10.9. The lowest BCUT2D eigenvalue weighted by Crippen LogP contribution is -2.49. The van der Waals surface area contributed by atoms with Gasteiger partial charge in [0.15, 0.2) is 15.6 Å². The van der Waals surface area contributed by atoms with Crippen molar-refractivity contribution in [2.24, 2.45) is 0 Å². The third-order valence-electron chi connectivity index (χ3n) is 4.99. The molecule has 0 bridgehead atoms. The maximum Gasteiger partial charge on any atom is 0.238 e. The summed E-state index contributed by atoms with van der Waals surface area (Å²) < 4.78 is 34.9. The van der Waals surface area contributed by atoms with E-state index < -0.39 is 15.1 Å². The van der Waals surface area contributed by atoms with E-state index in [0.29, 0.717) is 30.6 Å². The summed E-state index contributed by atoms with van der Waals surface area (Å²) in [5.74, 6) is 1.41. The number of amides is 1. The molecule has 1 amide bonds. The molecule has 0 atom stereocenters. The molecule has 152 valence electrons. The van der Waals surface area contributed by atoms with E-state index in [1.165, 1.54) is 0 Å². The van der Waals surface area contributed by atoms with Crippen molar-refractivity contribution in [2.75, 3.05) is 13.1 Å². The number of sulfone groups is 1. The van der Waals surface area contributed by atoms with Crippen molar-refractivity contribution in [2.45, 2.75) is 36.3 Å². The van der Waals surface area contributed by atoms with E-state index in [1.807, 2.05) is 0 Å². The lowest BCUT2D eigenvalue weighted by molar-refractivity contribution is -0.135. The van der Waals surface area contributed by atoms with Crippen LogP contribution in [0.2, 0.25) is 0 Å². The predicted octanol–water partition coefficient (Wildman–Crippen LogP) is 2.68. The number of furan rings is 1. The third-order valence-corrected chi connectivity index (χ3v) is 7.17. The Morgan fingerprint density at radius 1 is 1.21 bits per heavy atom. The van der Waals surface area contributed by atoms with Crippen LogP contribution >= 0.6 is 0 Å². The van der Waals surface area contributed by atoms with E-state index in [9.17, 15) is 13.2 Å². The smallest absolute Gasteiger partial charge is 0.238 e. The lowest BCUT2D eigenvalue weighted by Gasteiger charge is -2.37.